The average molecular weight is 366 g/mol. The second kappa shape index (κ2) is 6.67. The van der Waals surface area contributed by atoms with Crippen LogP contribution in [0.25, 0.3) is 0 Å². The van der Waals surface area contributed by atoms with Gasteiger partial charge >= 0.3 is 0 Å². The van der Waals surface area contributed by atoms with Crippen molar-refractivity contribution in [2.45, 2.75) is 31.9 Å². The number of benzene rings is 1. The van der Waals surface area contributed by atoms with E-state index in [1.807, 2.05) is 12.1 Å². The molecule has 2 heterocycles. The van der Waals surface area contributed by atoms with Crippen LogP contribution in [0.15, 0.2) is 24.3 Å². The average Bonchev–Trinajstić information content (AvgIpc) is 2.94. The lowest BCUT2D eigenvalue weighted by Gasteiger charge is -2.33. The molecule has 2 aliphatic heterocycles. The lowest BCUT2D eigenvalue weighted by Crippen LogP contribution is -2.46. The number of amides is 2. The number of fused-ring (bicyclic) bond motifs is 1. The van der Waals surface area contributed by atoms with Gasteiger partial charge in [-0.2, -0.15) is 0 Å². The lowest BCUT2D eigenvalue weighted by atomic mass is 10.1. The van der Waals surface area contributed by atoms with Gasteiger partial charge < -0.3 is 14.5 Å². The summed E-state index contributed by atoms with van der Waals surface area (Å²) in [6.07, 6.45) is 0.0172. The number of rotatable bonds is 4. The largest absolute Gasteiger partial charge is 0.479 e. The fourth-order valence-electron chi connectivity index (χ4n) is 3.26. The quantitative estimate of drug-likeness (QED) is 0.788. The van der Waals surface area contributed by atoms with Crippen molar-refractivity contribution in [2.24, 2.45) is 0 Å². The van der Waals surface area contributed by atoms with E-state index in [0.717, 1.165) is 0 Å². The minimum atomic E-state index is -3.04. The van der Waals surface area contributed by atoms with Gasteiger partial charge in [-0.15, -0.1) is 0 Å². The Kier molecular flexibility index (Phi) is 4.73. The minimum absolute atomic E-state index is 0.0194. The Bertz CT molecular complexity index is 792. The molecule has 0 aromatic heterocycles. The van der Waals surface area contributed by atoms with Gasteiger partial charge in [-0.3, -0.25) is 9.59 Å². The summed E-state index contributed by atoms with van der Waals surface area (Å²) in [4.78, 5) is 27.9. The topological polar surface area (TPSA) is 84.0 Å². The third-order valence-electron chi connectivity index (χ3n) is 4.77. The summed E-state index contributed by atoms with van der Waals surface area (Å²) in [6, 6.07) is 6.96. The van der Waals surface area contributed by atoms with E-state index in [-0.39, 0.29) is 42.3 Å². The maximum absolute atomic E-state index is 12.4. The number of hydrogen-bond acceptors (Lipinski definition) is 5. The van der Waals surface area contributed by atoms with Gasteiger partial charge in [0.1, 0.15) is 5.75 Å². The zero-order valence-corrected chi connectivity index (χ0v) is 15.2. The molecule has 3 rings (SSSR count). The molecular weight excluding hydrogens is 344 g/mol. The van der Waals surface area contributed by atoms with Crippen LogP contribution in [-0.4, -0.2) is 62.4 Å². The highest BCUT2D eigenvalue weighted by Gasteiger charge is 2.34. The fraction of sp³-hybridized carbons (Fsp3) is 0.529. The van der Waals surface area contributed by atoms with Crippen LogP contribution in [-0.2, 0) is 19.4 Å². The number of anilines is 1. The fourth-order valence-corrected chi connectivity index (χ4v) is 5.03. The van der Waals surface area contributed by atoms with E-state index < -0.39 is 15.9 Å². The molecule has 1 aromatic rings. The number of carbonyl (C=O) groups is 2. The number of sulfone groups is 1. The first-order valence-electron chi connectivity index (χ1n) is 8.31. The molecule has 0 saturated carbocycles. The van der Waals surface area contributed by atoms with Crippen LogP contribution in [0.3, 0.4) is 0 Å². The third kappa shape index (κ3) is 3.63. The monoisotopic (exact) mass is 366 g/mol. The highest BCUT2D eigenvalue weighted by molar-refractivity contribution is 7.91. The van der Waals surface area contributed by atoms with Gasteiger partial charge in [0.05, 0.1) is 17.2 Å². The van der Waals surface area contributed by atoms with E-state index in [1.165, 1.54) is 4.90 Å². The highest BCUT2D eigenvalue weighted by atomic mass is 32.2. The molecule has 0 bridgehead atoms. The predicted molar refractivity (Wildman–Crippen MR) is 93.3 cm³/mol. The highest BCUT2D eigenvalue weighted by Crippen LogP contribution is 2.33. The third-order valence-corrected chi connectivity index (χ3v) is 6.52. The Hall–Kier alpha value is -2.09. The molecule has 2 amide bonds. The first kappa shape index (κ1) is 17.7. The normalized spacial score (nSPS) is 24.6. The van der Waals surface area contributed by atoms with Gasteiger partial charge in [-0.25, -0.2) is 8.42 Å². The summed E-state index contributed by atoms with van der Waals surface area (Å²) in [5, 5.41) is 0. The van der Waals surface area contributed by atoms with Gasteiger partial charge in [0.2, 0.25) is 5.91 Å². The van der Waals surface area contributed by atoms with Crippen molar-refractivity contribution in [1.29, 1.82) is 0 Å². The molecule has 8 heteroatoms. The lowest BCUT2D eigenvalue weighted by molar-refractivity contribution is -0.131. The van der Waals surface area contributed by atoms with Crippen molar-refractivity contribution in [3.05, 3.63) is 24.3 Å². The minimum Gasteiger partial charge on any atom is -0.479 e. The Morgan fingerprint density at radius 3 is 2.76 bits per heavy atom. The van der Waals surface area contributed by atoms with E-state index in [9.17, 15) is 18.0 Å². The van der Waals surface area contributed by atoms with Crippen molar-refractivity contribution in [2.75, 3.05) is 30.0 Å². The van der Waals surface area contributed by atoms with Crippen LogP contribution < -0.4 is 9.64 Å². The number of ether oxygens (including phenoxy) is 1. The van der Waals surface area contributed by atoms with Crippen LogP contribution in [0.1, 0.15) is 19.8 Å². The second-order valence-electron chi connectivity index (χ2n) is 6.53. The van der Waals surface area contributed by atoms with Gasteiger partial charge in [-0.1, -0.05) is 12.1 Å². The summed E-state index contributed by atoms with van der Waals surface area (Å²) >= 11 is 0. The summed E-state index contributed by atoms with van der Waals surface area (Å²) < 4.78 is 28.7. The van der Waals surface area contributed by atoms with Gasteiger partial charge in [-0.05, 0) is 25.5 Å². The molecule has 1 aromatic carbocycles. The smallest absolute Gasteiger partial charge is 0.267 e. The summed E-state index contributed by atoms with van der Waals surface area (Å²) in [5.41, 5.74) is 0.657. The van der Waals surface area contributed by atoms with Gasteiger partial charge in [0.25, 0.3) is 5.91 Å². The number of hydrogen-bond donors (Lipinski definition) is 0. The van der Waals surface area contributed by atoms with Gasteiger partial charge in [0, 0.05) is 26.1 Å². The van der Waals surface area contributed by atoms with Crippen LogP contribution in [0.4, 0.5) is 5.69 Å². The molecule has 2 aliphatic rings. The SMILES string of the molecule is C[C@@H]1Oc2ccccc2N(CCC(=O)N(C)[C@H]2CCS(=O)(=O)C2)C1=O. The Morgan fingerprint density at radius 1 is 1.36 bits per heavy atom. The summed E-state index contributed by atoms with van der Waals surface area (Å²) in [5.74, 6) is 0.426. The number of para-hydroxylation sites is 2. The maximum atomic E-state index is 12.4. The molecule has 0 N–H and O–H groups in total. The van der Waals surface area contributed by atoms with E-state index >= 15 is 0 Å². The first-order chi connectivity index (χ1) is 11.8. The van der Waals surface area contributed by atoms with Crippen molar-refractivity contribution in [1.82, 2.24) is 4.90 Å². The number of nitrogens with zero attached hydrogens (tertiary/aromatic N) is 2. The van der Waals surface area contributed by atoms with E-state index in [1.54, 1.807) is 31.0 Å². The Morgan fingerprint density at radius 2 is 2.08 bits per heavy atom. The molecule has 0 aliphatic carbocycles. The molecule has 0 radical (unpaired) electrons. The Balaban J connectivity index is 1.66. The van der Waals surface area contributed by atoms with Crippen molar-refractivity contribution in [3.63, 3.8) is 0 Å². The van der Waals surface area contributed by atoms with Crippen molar-refractivity contribution in [3.8, 4) is 5.75 Å². The van der Waals surface area contributed by atoms with Crippen molar-refractivity contribution < 1.29 is 22.7 Å². The van der Waals surface area contributed by atoms with Crippen LogP contribution in [0.2, 0.25) is 0 Å². The molecule has 1 saturated heterocycles. The molecule has 0 unspecified atom stereocenters. The van der Waals surface area contributed by atoms with Gasteiger partial charge in [0.15, 0.2) is 15.9 Å². The predicted octanol–water partition coefficient (Wildman–Crippen LogP) is 0.836. The zero-order valence-electron chi connectivity index (χ0n) is 14.3. The zero-order chi connectivity index (χ0) is 18.2. The molecule has 2 atom stereocenters. The van der Waals surface area contributed by atoms with E-state index in [2.05, 4.69) is 0 Å². The van der Waals surface area contributed by atoms with Crippen molar-refractivity contribution >= 4 is 27.3 Å². The summed E-state index contributed by atoms with van der Waals surface area (Å²) in [7, 11) is -1.41. The summed E-state index contributed by atoms with van der Waals surface area (Å²) in [6.45, 7) is 1.93. The molecular formula is C17H22N2O5S. The standard InChI is InChI=1S/C17H22N2O5S/c1-12-17(21)19(14-5-3-4-6-15(14)24-12)9-7-16(20)18(2)13-8-10-25(22,23)11-13/h3-6,12-13H,7-11H2,1-2H3/t12-,13-/m0/s1. The molecule has 0 spiro atoms. The van der Waals surface area contributed by atoms with Crippen LogP contribution in [0, 0.1) is 0 Å². The molecule has 136 valence electrons. The second-order valence-corrected chi connectivity index (χ2v) is 8.76. The maximum Gasteiger partial charge on any atom is 0.267 e. The van der Waals surface area contributed by atoms with E-state index in [0.29, 0.717) is 17.9 Å². The molecule has 25 heavy (non-hydrogen) atoms. The Labute approximate surface area is 147 Å². The molecule has 1 fully saturated rings. The molecule has 7 nitrogen and oxygen atoms in total. The first-order valence-corrected chi connectivity index (χ1v) is 10.1. The number of carbonyl (C=O) groups excluding carboxylic acids is 2. The van der Waals surface area contributed by atoms with Crippen LogP contribution >= 0.6 is 0 Å². The van der Waals surface area contributed by atoms with E-state index in [4.69, 9.17) is 4.74 Å². The van der Waals surface area contributed by atoms with Crippen LogP contribution in [0.5, 0.6) is 5.75 Å².